The Labute approximate surface area is 163 Å². The number of rotatable bonds is 6. The molecule has 0 saturated heterocycles. The van der Waals surface area contributed by atoms with E-state index in [-0.39, 0.29) is 19.3 Å². The van der Waals surface area contributed by atoms with Gasteiger partial charge in [0.2, 0.25) is 0 Å². The summed E-state index contributed by atoms with van der Waals surface area (Å²) in [6.45, 7) is 6.71. The quantitative estimate of drug-likeness (QED) is 0.555. The third-order valence-corrected chi connectivity index (χ3v) is 3.93. The summed E-state index contributed by atoms with van der Waals surface area (Å²) in [6, 6.07) is 7.08. The van der Waals surface area contributed by atoms with Gasteiger partial charge in [-0.3, -0.25) is 0 Å². The molecule has 6 nitrogen and oxygen atoms in total. The minimum absolute atomic E-state index is 0. The molecule has 2 rings (SSSR count). The van der Waals surface area contributed by atoms with Crippen LogP contribution < -0.4 is 11.6 Å². The number of aromatic hydroxyl groups is 1. The fourth-order valence-corrected chi connectivity index (χ4v) is 2.32. The molecule has 0 saturated carbocycles. The van der Waals surface area contributed by atoms with Crippen LogP contribution in [0.15, 0.2) is 54.3 Å². The largest absolute Gasteiger partial charge is 0.508 e. The van der Waals surface area contributed by atoms with E-state index in [0.717, 1.165) is 36.2 Å². The Bertz CT molecular complexity index is 580. The smallest absolute Gasteiger partial charge is 0.115 e. The maximum atomic E-state index is 9.06. The van der Waals surface area contributed by atoms with Gasteiger partial charge < -0.3 is 25.5 Å². The van der Waals surface area contributed by atoms with Crippen molar-refractivity contribution in [3.8, 4) is 5.75 Å². The van der Waals surface area contributed by atoms with Gasteiger partial charge in [0, 0.05) is 13.5 Å². The first-order chi connectivity index (χ1) is 12.5. The molecule has 0 radical (unpaired) electrons. The predicted octanol–water partition coefficient (Wildman–Crippen LogP) is 4.00. The van der Waals surface area contributed by atoms with Crippen molar-refractivity contribution in [1.82, 2.24) is 0 Å². The van der Waals surface area contributed by atoms with Gasteiger partial charge in [0.15, 0.2) is 0 Å². The minimum atomic E-state index is 0. The molecule has 1 aromatic carbocycles. The van der Waals surface area contributed by atoms with E-state index in [0.29, 0.717) is 6.54 Å². The summed E-state index contributed by atoms with van der Waals surface area (Å²) in [7, 11) is 3.41. The number of benzene rings is 1. The molecule has 0 aliphatic heterocycles. The first kappa shape index (κ1) is 27.1. The summed E-state index contributed by atoms with van der Waals surface area (Å²) in [5.74, 6) is 4.78. The molecule has 154 valence electrons. The van der Waals surface area contributed by atoms with E-state index < -0.39 is 0 Å². The van der Waals surface area contributed by atoms with Crippen LogP contribution in [0.3, 0.4) is 0 Å². The van der Waals surface area contributed by atoms with E-state index in [4.69, 9.17) is 25.5 Å². The number of hydrogen-bond donors (Lipinski definition) is 4. The third-order valence-electron chi connectivity index (χ3n) is 3.93. The molecule has 27 heavy (non-hydrogen) atoms. The van der Waals surface area contributed by atoms with Crippen LogP contribution in [0.5, 0.6) is 5.75 Å². The van der Waals surface area contributed by atoms with Gasteiger partial charge in [-0.05, 0) is 61.2 Å². The fraction of sp³-hybridized carbons (Fsp3) is 0.429. The van der Waals surface area contributed by atoms with Crippen molar-refractivity contribution >= 4 is 5.57 Å². The number of hydrogen-bond acceptors (Lipinski definition) is 6. The molecule has 6 N–H and O–H groups in total. The molecule has 0 aromatic heterocycles. The molecule has 0 bridgehead atoms. The lowest BCUT2D eigenvalue weighted by atomic mass is 10.0. The van der Waals surface area contributed by atoms with Gasteiger partial charge in [-0.15, -0.1) is 0 Å². The highest BCUT2D eigenvalue weighted by Crippen LogP contribution is 2.21. The van der Waals surface area contributed by atoms with E-state index in [1.54, 1.807) is 26.4 Å². The topological polar surface area (TPSA) is 111 Å². The van der Waals surface area contributed by atoms with Gasteiger partial charge >= 0.3 is 0 Å². The molecule has 0 heterocycles. The van der Waals surface area contributed by atoms with E-state index in [1.165, 1.54) is 5.57 Å². The first-order valence-corrected chi connectivity index (χ1v) is 8.39. The Morgan fingerprint density at radius 2 is 1.78 bits per heavy atom. The van der Waals surface area contributed by atoms with Crippen LogP contribution in [0.4, 0.5) is 0 Å². The highest BCUT2D eigenvalue weighted by Gasteiger charge is 2.15. The number of methoxy groups -OCH3 is 2. The highest BCUT2D eigenvalue weighted by atomic mass is 16.5. The lowest BCUT2D eigenvalue weighted by molar-refractivity contribution is 0.112. The lowest BCUT2D eigenvalue weighted by Gasteiger charge is -2.20. The molecule has 1 atom stereocenters. The van der Waals surface area contributed by atoms with Crippen molar-refractivity contribution in [2.24, 2.45) is 11.6 Å². The zero-order chi connectivity index (χ0) is 19.9. The molecule has 0 amide bonds. The monoisotopic (exact) mass is 380 g/mol. The van der Waals surface area contributed by atoms with Crippen LogP contribution in [0.25, 0.3) is 5.57 Å². The normalized spacial score (nSPS) is 14.8. The standard InChI is InChI=1S/C11H15NO.C9H14O2.CH4.H3NO/c1-9(3-2-8-12)10-4-6-11(13)7-5-10;1-7-4-5-8(10-2)6-9(7)11-3;;1-2/h4-7,13H,1-3,8,12H2;4-5,9H,6H2,1-3H3;1H4;2H,1H2. The number of allylic oxidation sites excluding steroid dienone is 3. The minimum Gasteiger partial charge on any atom is -0.508 e. The van der Waals surface area contributed by atoms with E-state index in [9.17, 15) is 0 Å². The predicted molar refractivity (Wildman–Crippen MR) is 112 cm³/mol. The second-order valence-electron chi connectivity index (χ2n) is 5.72. The van der Waals surface area contributed by atoms with Crippen LogP contribution in [0.1, 0.15) is 39.2 Å². The van der Waals surface area contributed by atoms with Crippen molar-refractivity contribution in [3.63, 3.8) is 0 Å². The van der Waals surface area contributed by atoms with Crippen LogP contribution in [-0.2, 0) is 9.47 Å². The summed E-state index contributed by atoms with van der Waals surface area (Å²) < 4.78 is 10.4. The highest BCUT2D eigenvalue weighted by molar-refractivity contribution is 5.63. The molecular weight excluding hydrogens is 344 g/mol. The maximum absolute atomic E-state index is 9.06. The maximum Gasteiger partial charge on any atom is 0.115 e. The van der Waals surface area contributed by atoms with Crippen LogP contribution in [0.2, 0.25) is 0 Å². The molecule has 1 aliphatic rings. The summed E-state index contributed by atoms with van der Waals surface area (Å²) in [5, 5.41) is 15.6. The van der Waals surface area contributed by atoms with E-state index >= 15 is 0 Å². The number of phenols is 1. The van der Waals surface area contributed by atoms with E-state index in [2.05, 4.69) is 19.4 Å². The first-order valence-electron chi connectivity index (χ1n) is 8.39. The zero-order valence-corrected chi connectivity index (χ0v) is 15.9. The Morgan fingerprint density at radius 1 is 1.19 bits per heavy atom. The Hall–Kier alpha value is -2.12. The average molecular weight is 381 g/mol. The van der Waals surface area contributed by atoms with Crippen LogP contribution in [-0.4, -0.2) is 37.2 Å². The molecular formula is C21H36N2O4. The fourth-order valence-electron chi connectivity index (χ4n) is 2.32. The zero-order valence-electron chi connectivity index (χ0n) is 15.9. The van der Waals surface area contributed by atoms with Crippen LogP contribution >= 0.6 is 0 Å². The van der Waals surface area contributed by atoms with E-state index in [1.807, 2.05) is 24.3 Å². The van der Waals surface area contributed by atoms with Gasteiger partial charge in [0.25, 0.3) is 0 Å². The van der Waals surface area contributed by atoms with Gasteiger partial charge in [-0.2, -0.15) is 0 Å². The second kappa shape index (κ2) is 16.1. The van der Waals surface area contributed by atoms with Crippen molar-refractivity contribution in [3.05, 3.63) is 59.9 Å². The molecule has 0 spiro atoms. The molecule has 6 heteroatoms. The summed E-state index contributed by atoms with van der Waals surface area (Å²) in [5.41, 5.74) is 8.81. The summed E-state index contributed by atoms with van der Waals surface area (Å²) >= 11 is 0. The average Bonchev–Trinajstić information content (AvgIpc) is 2.69. The van der Waals surface area contributed by atoms with Crippen molar-refractivity contribution in [2.45, 2.75) is 39.7 Å². The van der Waals surface area contributed by atoms with Gasteiger partial charge in [0.1, 0.15) is 5.75 Å². The van der Waals surface area contributed by atoms with Crippen molar-refractivity contribution in [1.29, 1.82) is 0 Å². The van der Waals surface area contributed by atoms with Crippen molar-refractivity contribution in [2.75, 3.05) is 20.8 Å². The molecule has 1 unspecified atom stereocenters. The lowest BCUT2D eigenvalue weighted by Crippen LogP contribution is -2.16. The SMILES string of the molecule is C.C=C(CCCN)c1ccc(O)cc1.COC1=CC=C(C)C(OC)C1.NO. The molecule has 1 aromatic rings. The molecule has 1 aliphatic carbocycles. The molecule has 0 fully saturated rings. The number of nitrogens with two attached hydrogens (primary N) is 2. The Morgan fingerprint density at radius 3 is 2.26 bits per heavy atom. The Balaban J connectivity index is 0. The second-order valence-corrected chi connectivity index (χ2v) is 5.72. The van der Waals surface area contributed by atoms with Gasteiger partial charge in [-0.1, -0.05) is 32.2 Å². The van der Waals surface area contributed by atoms with Gasteiger partial charge in [-0.25, -0.2) is 5.90 Å². The Kier molecular flexibility index (Phi) is 16.1. The van der Waals surface area contributed by atoms with Gasteiger partial charge in [0.05, 0.1) is 19.0 Å². The van der Waals surface area contributed by atoms with Crippen LogP contribution in [0, 0.1) is 0 Å². The number of phenolic OH excluding ortho intramolecular Hbond substituents is 1. The number of ether oxygens (including phenoxy) is 2. The summed E-state index contributed by atoms with van der Waals surface area (Å²) in [4.78, 5) is 0. The van der Waals surface area contributed by atoms with Crippen molar-refractivity contribution < 1.29 is 19.8 Å². The summed E-state index contributed by atoms with van der Waals surface area (Å²) in [6.07, 6.45) is 6.97. The third kappa shape index (κ3) is 10.6.